The quantitative estimate of drug-likeness (QED) is 0.230. The summed E-state index contributed by atoms with van der Waals surface area (Å²) in [7, 11) is 1.85. The molecule has 1 aliphatic carbocycles. The second kappa shape index (κ2) is 11.5. The first-order valence-corrected chi connectivity index (χ1v) is 15.2. The van der Waals surface area contributed by atoms with Crippen LogP contribution in [0.4, 0.5) is 24.7 Å². The predicted octanol–water partition coefficient (Wildman–Crippen LogP) is 5.49. The number of nitrogens with zero attached hydrogens (tertiary/aromatic N) is 4. The molecule has 5 rings (SSSR count). The van der Waals surface area contributed by atoms with E-state index in [0.29, 0.717) is 34.7 Å². The first-order chi connectivity index (χ1) is 19.9. The van der Waals surface area contributed by atoms with E-state index in [9.17, 15) is 12.8 Å². The summed E-state index contributed by atoms with van der Waals surface area (Å²) in [6.07, 6.45) is 2.86. The van der Waals surface area contributed by atoms with Crippen LogP contribution in [-0.2, 0) is 16.6 Å². The van der Waals surface area contributed by atoms with Crippen molar-refractivity contribution in [3.8, 4) is 11.5 Å². The van der Waals surface area contributed by atoms with E-state index in [1.807, 2.05) is 19.0 Å². The molecule has 1 saturated carbocycles. The molecule has 1 saturated heterocycles. The van der Waals surface area contributed by atoms with Gasteiger partial charge in [-0.25, -0.2) is 26.5 Å². The highest BCUT2D eigenvalue weighted by Crippen LogP contribution is 2.52. The van der Waals surface area contributed by atoms with Crippen molar-refractivity contribution in [3.05, 3.63) is 70.6 Å². The second-order valence-electron chi connectivity index (χ2n) is 10.9. The molecule has 3 aromatic rings. The molecule has 226 valence electrons. The number of ether oxygens (including phenoxy) is 2. The summed E-state index contributed by atoms with van der Waals surface area (Å²) < 4.78 is 85.2. The number of benzene rings is 2. The third-order valence-corrected chi connectivity index (χ3v) is 10.5. The average molecular weight is 625 g/mol. The minimum absolute atomic E-state index is 0.0121. The van der Waals surface area contributed by atoms with Gasteiger partial charge in [0, 0.05) is 42.2 Å². The van der Waals surface area contributed by atoms with Gasteiger partial charge in [0.05, 0.1) is 26.5 Å². The number of sulfonamides is 1. The third-order valence-electron chi connectivity index (χ3n) is 8.38. The van der Waals surface area contributed by atoms with Gasteiger partial charge in [0.2, 0.25) is 5.95 Å². The first kappa shape index (κ1) is 30.2. The summed E-state index contributed by atoms with van der Waals surface area (Å²) in [6, 6.07) is 9.44. The van der Waals surface area contributed by atoms with Crippen LogP contribution in [0.15, 0.2) is 47.4 Å². The van der Waals surface area contributed by atoms with E-state index in [2.05, 4.69) is 9.88 Å². The molecule has 0 amide bonds. The van der Waals surface area contributed by atoms with Crippen molar-refractivity contribution >= 4 is 33.1 Å². The molecule has 0 bridgehead atoms. The van der Waals surface area contributed by atoms with Crippen LogP contribution in [0, 0.1) is 23.0 Å². The lowest BCUT2D eigenvalue weighted by molar-refractivity contribution is 0.0177. The summed E-state index contributed by atoms with van der Waals surface area (Å²) in [5.74, 6) is -3.40. The Hall–Kier alpha value is -3.22. The van der Waals surface area contributed by atoms with Crippen LogP contribution < -0.4 is 18.7 Å². The van der Waals surface area contributed by atoms with Gasteiger partial charge in [0.25, 0.3) is 10.0 Å². The van der Waals surface area contributed by atoms with Crippen LogP contribution in [0.2, 0.25) is 5.02 Å². The van der Waals surface area contributed by atoms with Crippen LogP contribution in [0.3, 0.4) is 0 Å². The number of halogens is 4. The third kappa shape index (κ3) is 5.24. The molecule has 2 heterocycles. The Morgan fingerprint density at radius 1 is 1.10 bits per heavy atom. The Balaban J connectivity index is 1.55. The lowest BCUT2D eigenvalue weighted by atomic mass is 9.63. The number of aromatic nitrogens is 1. The summed E-state index contributed by atoms with van der Waals surface area (Å²) >= 11 is 6.44. The van der Waals surface area contributed by atoms with Crippen LogP contribution in [-0.4, -0.2) is 65.7 Å². The zero-order chi connectivity index (χ0) is 30.4. The molecule has 13 heteroatoms. The Morgan fingerprint density at radius 3 is 2.48 bits per heavy atom. The second-order valence-corrected chi connectivity index (χ2v) is 13.1. The van der Waals surface area contributed by atoms with Gasteiger partial charge < -0.3 is 19.3 Å². The number of pyridine rings is 1. The monoisotopic (exact) mass is 624 g/mol. The highest BCUT2D eigenvalue weighted by molar-refractivity contribution is 7.92. The van der Waals surface area contributed by atoms with Crippen LogP contribution in [0.25, 0.3) is 0 Å². The molecule has 2 aromatic carbocycles. The summed E-state index contributed by atoms with van der Waals surface area (Å²) in [5, 5.41) is -0.498. The van der Waals surface area contributed by atoms with E-state index in [0.717, 1.165) is 31.4 Å². The summed E-state index contributed by atoms with van der Waals surface area (Å²) in [4.78, 5) is 6.42. The van der Waals surface area contributed by atoms with E-state index in [-0.39, 0.29) is 22.7 Å². The van der Waals surface area contributed by atoms with Gasteiger partial charge in [0.1, 0.15) is 28.2 Å². The van der Waals surface area contributed by atoms with Gasteiger partial charge in [0.15, 0.2) is 10.7 Å². The van der Waals surface area contributed by atoms with Gasteiger partial charge in [-0.05, 0) is 57.6 Å². The van der Waals surface area contributed by atoms with Gasteiger partial charge >= 0.3 is 0 Å². The Morgan fingerprint density at radius 2 is 1.86 bits per heavy atom. The zero-order valence-corrected chi connectivity index (χ0v) is 25.3. The van der Waals surface area contributed by atoms with E-state index < -0.39 is 44.1 Å². The lowest BCUT2D eigenvalue weighted by Gasteiger charge is -2.50. The van der Waals surface area contributed by atoms with Crippen molar-refractivity contribution < 1.29 is 31.1 Å². The number of methoxy groups -OCH3 is 2. The SMILES string of the molecule is COc1ccc(CN(c2cccc(F)n2)S(=O)(=O)c2c(F)cc(N3CCC4(CCC4N(C)C)C3)c(Cl)c2F)c(OC)c1. The average Bonchev–Trinajstić information content (AvgIpc) is 3.40. The largest absolute Gasteiger partial charge is 0.497 e. The van der Waals surface area contributed by atoms with E-state index in [1.54, 1.807) is 6.07 Å². The van der Waals surface area contributed by atoms with Gasteiger partial charge in [-0.1, -0.05) is 17.7 Å². The molecule has 2 fully saturated rings. The highest BCUT2D eigenvalue weighted by atomic mass is 35.5. The molecule has 2 unspecified atom stereocenters. The zero-order valence-electron chi connectivity index (χ0n) is 23.7. The Bertz CT molecular complexity index is 1610. The first-order valence-electron chi connectivity index (χ1n) is 13.4. The lowest BCUT2D eigenvalue weighted by Crippen LogP contribution is -2.54. The van der Waals surface area contributed by atoms with Crippen LogP contribution >= 0.6 is 11.6 Å². The molecule has 0 radical (unpaired) electrons. The Labute approximate surface area is 248 Å². The summed E-state index contributed by atoms with van der Waals surface area (Å²) in [6.45, 7) is 0.605. The standard InChI is InChI=1S/C29H32ClF3N4O4S/c1-35(2)23-10-11-29(23)12-13-36(17-29)21-15-20(31)28(27(33)26(21)30)42(38,39)37(25-7-5-6-24(32)34-25)16-18-8-9-19(40-3)14-22(18)41-4/h5-9,14-15,23H,10-13,16-17H2,1-4H3. The summed E-state index contributed by atoms with van der Waals surface area (Å²) in [5.41, 5.74) is 0.399. The molecule has 2 aliphatic rings. The van der Waals surface area contributed by atoms with Crippen molar-refractivity contribution in [2.45, 2.75) is 36.7 Å². The maximum atomic E-state index is 16.0. The van der Waals surface area contributed by atoms with Gasteiger partial charge in [-0.2, -0.15) is 4.39 Å². The normalized spacial score (nSPS) is 20.2. The smallest absolute Gasteiger partial charge is 0.271 e. The van der Waals surface area contributed by atoms with Crippen molar-refractivity contribution in [1.82, 2.24) is 9.88 Å². The molecule has 42 heavy (non-hydrogen) atoms. The van der Waals surface area contributed by atoms with Crippen molar-refractivity contribution in [2.24, 2.45) is 5.41 Å². The molecule has 8 nitrogen and oxygen atoms in total. The van der Waals surface area contributed by atoms with Crippen LogP contribution in [0.1, 0.15) is 24.8 Å². The van der Waals surface area contributed by atoms with Crippen molar-refractivity contribution in [1.29, 1.82) is 0 Å². The van der Waals surface area contributed by atoms with E-state index >= 15 is 8.78 Å². The molecule has 1 aromatic heterocycles. The van der Waals surface area contributed by atoms with E-state index in [1.165, 1.54) is 38.5 Å². The fourth-order valence-electron chi connectivity index (χ4n) is 6.17. The maximum absolute atomic E-state index is 16.0. The Kier molecular flexibility index (Phi) is 8.25. The number of anilines is 2. The highest BCUT2D eigenvalue weighted by Gasteiger charge is 2.52. The van der Waals surface area contributed by atoms with Crippen molar-refractivity contribution in [3.63, 3.8) is 0 Å². The minimum atomic E-state index is -5.01. The van der Waals surface area contributed by atoms with E-state index in [4.69, 9.17) is 21.1 Å². The fourth-order valence-corrected chi connectivity index (χ4v) is 8.01. The number of hydrogen-bond donors (Lipinski definition) is 0. The molecule has 2 atom stereocenters. The fraction of sp³-hybridized carbons (Fsp3) is 0.414. The molecular formula is C29H32ClF3N4O4S. The number of rotatable bonds is 9. The maximum Gasteiger partial charge on any atom is 0.271 e. The molecule has 1 aliphatic heterocycles. The molecular weight excluding hydrogens is 593 g/mol. The molecule has 0 N–H and O–H groups in total. The van der Waals surface area contributed by atoms with Gasteiger partial charge in [-0.3, -0.25) is 0 Å². The van der Waals surface area contributed by atoms with Crippen molar-refractivity contribution in [2.75, 3.05) is 50.6 Å². The number of hydrogen-bond acceptors (Lipinski definition) is 7. The van der Waals surface area contributed by atoms with Gasteiger partial charge in [-0.15, -0.1) is 0 Å². The topological polar surface area (TPSA) is 75.2 Å². The minimum Gasteiger partial charge on any atom is -0.497 e. The molecule has 1 spiro atoms. The predicted molar refractivity (Wildman–Crippen MR) is 154 cm³/mol. The van der Waals surface area contributed by atoms with Crippen LogP contribution in [0.5, 0.6) is 11.5 Å².